The summed E-state index contributed by atoms with van der Waals surface area (Å²) in [4.78, 5) is 14.6. The molecule has 0 saturated heterocycles. The molecule has 9 rings (SSSR count). The van der Waals surface area contributed by atoms with Crippen molar-refractivity contribution in [1.82, 2.24) is 15.0 Å². The predicted octanol–water partition coefficient (Wildman–Crippen LogP) is 9.94. The molecular formula is C42H31N3O2. The van der Waals surface area contributed by atoms with Crippen LogP contribution in [0.3, 0.4) is 0 Å². The van der Waals surface area contributed by atoms with Gasteiger partial charge in [-0.15, -0.1) is 0 Å². The van der Waals surface area contributed by atoms with Gasteiger partial charge in [-0.05, 0) is 23.3 Å². The first-order chi connectivity index (χ1) is 23.0. The molecule has 3 aliphatic rings. The Kier molecular flexibility index (Phi) is 6.22. The lowest BCUT2D eigenvalue weighted by molar-refractivity contribution is 0.257. The minimum absolute atomic E-state index is 0.0105. The van der Waals surface area contributed by atoms with Gasteiger partial charge in [0.2, 0.25) is 0 Å². The maximum atomic E-state index is 6.73. The third kappa shape index (κ3) is 4.58. The molecule has 0 fully saturated rings. The Morgan fingerprint density at radius 2 is 1.09 bits per heavy atom. The summed E-state index contributed by atoms with van der Waals surface area (Å²) in [6.45, 7) is 4.52. The molecule has 0 saturated carbocycles. The van der Waals surface area contributed by atoms with Crippen LogP contribution in [-0.2, 0) is 5.41 Å². The fourth-order valence-corrected chi connectivity index (χ4v) is 6.98. The highest BCUT2D eigenvalue weighted by molar-refractivity contribution is 5.74. The number of benzene rings is 5. The van der Waals surface area contributed by atoms with E-state index in [1.54, 1.807) is 0 Å². The molecule has 3 heterocycles. The van der Waals surface area contributed by atoms with Crippen LogP contribution in [0, 0.1) is 0 Å². The summed E-state index contributed by atoms with van der Waals surface area (Å²) in [5.41, 5.74) is 8.24. The molecule has 5 aromatic carbocycles. The summed E-state index contributed by atoms with van der Waals surface area (Å²) in [5, 5.41) is 0. The molecule has 2 atom stereocenters. The summed E-state index contributed by atoms with van der Waals surface area (Å²) in [6.07, 6.45) is 8.51. The van der Waals surface area contributed by atoms with Crippen molar-refractivity contribution < 1.29 is 9.47 Å². The van der Waals surface area contributed by atoms with Crippen LogP contribution in [0.4, 0.5) is 0 Å². The van der Waals surface area contributed by atoms with Crippen molar-refractivity contribution in [2.75, 3.05) is 0 Å². The van der Waals surface area contributed by atoms with Gasteiger partial charge in [0.1, 0.15) is 11.9 Å². The lowest BCUT2D eigenvalue weighted by Gasteiger charge is -2.35. The molecule has 1 aromatic heterocycles. The maximum absolute atomic E-state index is 6.73. The van der Waals surface area contributed by atoms with Crippen molar-refractivity contribution in [2.45, 2.75) is 31.3 Å². The minimum Gasteiger partial charge on any atom is -0.481 e. The molecule has 1 aliphatic carbocycles. The van der Waals surface area contributed by atoms with E-state index in [4.69, 9.17) is 24.4 Å². The highest BCUT2D eigenvalue weighted by Gasteiger charge is 2.41. The van der Waals surface area contributed by atoms with Crippen LogP contribution in [0.2, 0.25) is 0 Å². The Labute approximate surface area is 273 Å². The Balaban J connectivity index is 1.07. The van der Waals surface area contributed by atoms with Crippen molar-refractivity contribution in [3.8, 4) is 62.5 Å². The normalized spacial score (nSPS) is 17.9. The number of hydrogen-bond acceptors (Lipinski definition) is 5. The lowest BCUT2D eigenvalue weighted by atomic mass is 9.74. The molecule has 2 unspecified atom stereocenters. The minimum atomic E-state index is -0.241. The monoisotopic (exact) mass is 609 g/mol. The zero-order valence-corrected chi connectivity index (χ0v) is 26.1. The van der Waals surface area contributed by atoms with Crippen LogP contribution >= 0.6 is 0 Å². The van der Waals surface area contributed by atoms with Gasteiger partial charge < -0.3 is 9.47 Å². The summed E-state index contributed by atoms with van der Waals surface area (Å²) >= 11 is 0. The molecule has 0 radical (unpaired) electrons. The van der Waals surface area contributed by atoms with Gasteiger partial charge in [-0.2, -0.15) is 0 Å². The molecule has 0 amide bonds. The highest BCUT2D eigenvalue weighted by atomic mass is 16.5. The zero-order valence-electron chi connectivity index (χ0n) is 26.1. The second-order valence-corrected chi connectivity index (χ2v) is 12.8. The molecule has 0 spiro atoms. The molecule has 5 nitrogen and oxygen atoms in total. The average Bonchev–Trinajstić information content (AvgIpc) is 3.51. The van der Waals surface area contributed by atoms with E-state index in [0.717, 1.165) is 56.2 Å². The van der Waals surface area contributed by atoms with E-state index in [1.165, 1.54) is 5.56 Å². The number of aromatic nitrogens is 3. The Hall–Kier alpha value is -5.81. The SMILES string of the molecule is CC1(C)c2ccc(-c3ccc(-c4nc(-c5ccccc5)nc(-c5ccccc5)n4)cc3)cc2Oc2c1ccc1c2OC2C=CC=CC12. The topological polar surface area (TPSA) is 57.1 Å². The van der Waals surface area contributed by atoms with E-state index >= 15 is 0 Å². The number of fused-ring (bicyclic) bond motifs is 6. The van der Waals surface area contributed by atoms with Crippen molar-refractivity contribution in [1.29, 1.82) is 0 Å². The summed E-state index contributed by atoms with van der Waals surface area (Å²) < 4.78 is 13.2. The first-order valence-corrected chi connectivity index (χ1v) is 16.0. The molecule has 2 aliphatic heterocycles. The summed E-state index contributed by atoms with van der Waals surface area (Å²) in [5.74, 6) is 4.71. The molecule has 0 N–H and O–H groups in total. The number of hydrogen-bond donors (Lipinski definition) is 0. The number of nitrogens with zero attached hydrogens (tertiary/aromatic N) is 3. The number of ether oxygens (including phenoxy) is 2. The van der Waals surface area contributed by atoms with Crippen LogP contribution in [0.5, 0.6) is 17.2 Å². The van der Waals surface area contributed by atoms with Gasteiger partial charge in [0.05, 0.1) is 0 Å². The molecule has 226 valence electrons. The van der Waals surface area contributed by atoms with Crippen LogP contribution in [0.25, 0.3) is 45.3 Å². The van der Waals surface area contributed by atoms with Crippen LogP contribution in [-0.4, -0.2) is 21.1 Å². The Bertz CT molecular complexity index is 2160. The predicted molar refractivity (Wildman–Crippen MR) is 186 cm³/mol. The zero-order chi connectivity index (χ0) is 31.5. The first-order valence-electron chi connectivity index (χ1n) is 16.0. The Morgan fingerprint density at radius 1 is 0.532 bits per heavy atom. The van der Waals surface area contributed by atoms with Crippen LogP contribution in [0.15, 0.2) is 140 Å². The molecular weight excluding hydrogens is 578 g/mol. The molecule has 6 aromatic rings. The van der Waals surface area contributed by atoms with Gasteiger partial charge in [0.25, 0.3) is 0 Å². The summed E-state index contributed by atoms with van der Waals surface area (Å²) in [6, 6.07) is 39.5. The van der Waals surface area contributed by atoms with Gasteiger partial charge in [-0.3, -0.25) is 0 Å². The first kappa shape index (κ1) is 27.5. The highest BCUT2D eigenvalue weighted by Crippen LogP contribution is 2.56. The van der Waals surface area contributed by atoms with E-state index in [2.05, 4.69) is 92.7 Å². The van der Waals surface area contributed by atoms with Gasteiger partial charge in [0.15, 0.2) is 29.0 Å². The second-order valence-electron chi connectivity index (χ2n) is 12.8. The standard InChI is InChI=1S/C42H31N3O2/c1-42(2)33-23-21-30(25-36(33)47-38-34(42)24-22-32-31-15-9-10-16-35(31)46-37(32)38)26-17-19-29(20-18-26)41-44-39(27-11-5-3-6-12-27)43-40(45-41)28-13-7-4-8-14-28/h3-25,31,35H,1-2H3. The van der Waals surface area contributed by atoms with Crippen molar-refractivity contribution in [3.63, 3.8) is 0 Å². The largest absolute Gasteiger partial charge is 0.481 e. The Morgan fingerprint density at radius 3 is 1.74 bits per heavy atom. The van der Waals surface area contributed by atoms with Gasteiger partial charge in [-0.1, -0.05) is 141 Å². The van der Waals surface area contributed by atoms with Crippen molar-refractivity contribution >= 4 is 0 Å². The summed E-state index contributed by atoms with van der Waals surface area (Å²) in [7, 11) is 0. The smallest absolute Gasteiger partial charge is 0.173 e. The average molecular weight is 610 g/mol. The third-order valence-corrected chi connectivity index (χ3v) is 9.56. The maximum Gasteiger partial charge on any atom is 0.173 e. The van der Waals surface area contributed by atoms with E-state index in [0.29, 0.717) is 17.5 Å². The third-order valence-electron chi connectivity index (χ3n) is 9.56. The molecule has 47 heavy (non-hydrogen) atoms. The number of rotatable bonds is 4. The van der Waals surface area contributed by atoms with Crippen molar-refractivity contribution in [3.05, 3.63) is 156 Å². The fraction of sp³-hybridized carbons (Fsp3) is 0.119. The van der Waals surface area contributed by atoms with Crippen LogP contribution in [0.1, 0.15) is 36.5 Å². The van der Waals surface area contributed by atoms with Gasteiger partial charge in [-0.25, -0.2) is 15.0 Å². The van der Waals surface area contributed by atoms with E-state index in [1.807, 2.05) is 60.7 Å². The van der Waals surface area contributed by atoms with E-state index < -0.39 is 0 Å². The number of allylic oxidation sites excluding steroid dienone is 2. The van der Waals surface area contributed by atoms with Gasteiger partial charge in [0, 0.05) is 44.7 Å². The second kappa shape index (κ2) is 10.6. The molecule has 5 heteroatoms. The van der Waals surface area contributed by atoms with Crippen LogP contribution < -0.4 is 9.47 Å². The lowest BCUT2D eigenvalue weighted by Crippen LogP contribution is -2.24. The molecule has 0 bridgehead atoms. The van der Waals surface area contributed by atoms with E-state index in [-0.39, 0.29) is 17.4 Å². The fourth-order valence-electron chi connectivity index (χ4n) is 6.98. The quantitative estimate of drug-likeness (QED) is 0.199. The van der Waals surface area contributed by atoms with Gasteiger partial charge >= 0.3 is 0 Å². The van der Waals surface area contributed by atoms with Crippen molar-refractivity contribution in [2.24, 2.45) is 0 Å². The van der Waals surface area contributed by atoms with E-state index in [9.17, 15) is 0 Å².